The highest BCUT2D eigenvalue weighted by atomic mass is 35.5. The van der Waals surface area contributed by atoms with Crippen LogP contribution in [-0.2, 0) is 6.54 Å². The van der Waals surface area contributed by atoms with Gasteiger partial charge in [0.05, 0.1) is 5.02 Å². The van der Waals surface area contributed by atoms with Crippen LogP contribution in [0.15, 0.2) is 42.6 Å². The fourth-order valence-electron chi connectivity index (χ4n) is 4.06. The summed E-state index contributed by atoms with van der Waals surface area (Å²) in [4.78, 5) is 21.3. The Balaban J connectivity index is 1.49. The molecule has 4 heterocycles. The second-order valence-corrected chi connectivity index (χ2v) is 7.61. The average Bonchev–Trinajstić information content (AvgIpc) is 2.97. The van der Waals surface area contributed by atoms with Crippen molar-refractivity contribution in [1.82, 2.24) is 14.8 Å². The van der Waals surface area contributed by atoms with Crippen molar-refractivity contribution in [3.05, 3.63) is 64.7 Å². The molecular weight excluding hydrogens is 353 g/mol. The minimum Gasteiger partial charge on any atom is -0.335 e. The first-order chi connectivity index (χ1) is 12.6. The summed E-state index contributed by atoms with van der Waals surface area (Å²) in [6, 6.07) is 10.7. The van der Waals surface area contributed by atoms with Crippen LogP contribution in [0, 0.1) is 11.7 Å². The normalized spacial score (nSPS) is 23.1. The van der Waals surface area contributed by atoms with E-state index in [1.807, 2.05) is 23.1 Å². The zero-order valence-electron chi connectivity index (χ0n) is 14.4. The lowest BCUT2D eigenvalue weighted by molar-refractivity contribution is 0.0730. The molecule has 2 aromatic rings. The van der Waals surface area contributed by atoms with E-state index in [9.17, 15) is 9.18 Å². The second kappa shape index (κ2) is 7.33. The molecule has 0 aliphatic carbocycles. The van der Waals surface area contributed by atoms with Crippen LogP contribution in [0.3, 0.4) is 0 Å². The molecule has 2 atom stereocenters. The summed E-state index contributed by atoms with van der Waals surface area (Å²) < 4.78 is 13.7. The summed E-state index contributed by atoms with van der Waals surface area (Å²) in [5, 5.41) is 0.151. The molecule has 0 saturated carbocycles. The molecule has 6 heteroatoms. The van der Waals surface area contributed by atoms with Crippen LogP contribution in [0.2, 0.25) is 5.02 Å². The third kappa shape index (κ3) is 3.60. The minimum atomic E-state index is -0.379. The van der Waals surface area contributed by atoms with Gasteiger partial charge in [-0.1, -0.05) is 23.7 Å². The van der Waals surface area contributed by atoms with Crippen molar-refractivity contribution in [3.8, 4) is 0 Å². The first kappa shape index (κ1) is 17.4. The molecule has 4 nitrogen and oxygen atoms in total. The van der Waals surface area contributed by atoms with Crippen LogP contribution in [0.5, 0.6) is 0 Å². The van der Waals surface area contributed by atoms with Gasteiger partial charge in [-0.05, 0) is 48.6 Å². The number of aromatic nitrogens is 1. The number of amides is 1. The molecule has 3 aliphatic heterocycles. The predicted octanol–water partition coefficient (Wildman–Crippen LogP) is 3.61. The molecule has 0 N–H and O–H groups in total. The van der Waals surface area contributed by atoms with Gasteiger partial charge in [-0.2, -0.15) is 0 Å². The Labute approximate surface area is 157 Å². The van der Waals surface area contributed by atoms with E-state index < -0.39 is 0 Å². The van der Waals surface area contributed by atoms with E-state index in [4.69, 9.17) is 11.6 Å². The van der Waals surface area contributed by atoms with Crippen molar-refractivity contribution < 1.29 is 9.18 Å². The Kier molecular flexibility index (Phi) is 4.92. The summed E-state index contributed by atoms with van der Waals surface area (Å²) in [6.07, 6.45) is 3.84. The monoisotopic (exact) mass is 373 g/mol. The lowest BCUT2D eigenvalue weighted by Crippen LogP contribution is -2.44. The number of pyridine rings is 1. The van der Waals surface area contributed by atoms with Crippen molar-refractivity contribution >= 4 is 17.5 Å². The van der Waals surface area contributed by atoms with Crippen molar-refractivity contribution in [2.75, 3.05) is 19.6 Å². The third-order valence-corrected chi connectivity index (χ3v) is 5.67. The van der Waals surface area contributed by atoms with Gasteiger partial charge in [0.15, 0.2) is 0 Å². The van der Waals surface area contributed by atoms with Gasteiger partial charge in [-0.25, -0.2) is 4.39 Å². The molecule has 2 bridgehead atoms. The Morgan fingerprint density at radius 3 is 2.85 bits per heavy atom. The highest BCUT2D eigenvalue weighted by molar-refractivity contribution is 6.30. The average molecular weight is 374 g/mol. The number of rotatable bonds is 3. The van der Waals surface area contributed by atoms with Crippen molar-refractivity contribution in [2.45, 2.75) is 25.4 Å². The van der Waals surface area contributed by atoms with Crippen molar-refractivity contribution in [2.24, 2.45) is 5.92 Å². The van der Waals surface area contributed by atoms with Crippen LogP contribution in [0.25, 0.3) is 0 Å². The topological polar surface area (TPSA) is 36.4 Å². The van der Waals surface area contributed by atoms with E-state index in [1.165, 1.54) is 6.07 Å². The third-order valence-electron chi connectivity index (χ3n) is 5.37. The van der Waals surface area contributed by atoms with Crippen LogP contribution in [0.1, 0.15) is 28.9 Å². The molecule has 0 unspecified atom stereocenters. The van der Waals surface area contributed by atoms with Crippen LogP contribution < -0.4 is 0 Å². The van der Waals surface area contributed by atoms with Gasteiger partial charge in [0, 0.05) is 38.4 Å². The molecule has 1 amide bonds. The highest BCUT2D eigenvalue weighted by Gasteiger charge is 2.36. The van der Waals surface area contributed by atoms with Gasteiger partial charge in [-0.3, -0.25) is 14.7 Å². The first-order valence-corrected chi connectivity index (χ1v) is 9.36. The standard InChI is InChI=1S/C20H21ClFN3O/c21-17-7-5-14(9-18(17)22)10-24-11-15-4-6-16(24)13-25(12-15)20(26)19-3-1-2-8-23-19/h1-3,5,7-9,15-16H,4,6,10-13H2/t15-,16-/m0/s1. The Morgan fingerprint density at radius 2 is 2.08 bits per heavy atom. The smallest absolute Gasteiger partial charge is 0.272 e. The van der Waals surface area contributed by atoms with E-state index in [1.54, 1.807) is 18.3 Å². The van der Waals surface area contributed by atoms with Gasteiger partial charge in [0.25, 0.3) is 5.91 Å². The summed E-state index contributed by atoms with van der Waals surface area (Å²) in [5.41, 5.74) is 1.42. The number of nitrogens with zero attached hydrogens (tertiary/aromatic N) is 3. The van der Waals surface area contributed by atoms with Gasteiger partial charge >= 0.3 is 0 Å². The van der Waals surface area contributed by atoms with E-state index >= 15 is 0 Å². The van der Waals surface area contributed by atoms with Gasteiger partial charge in [0.1, 0.15) is 11.5 Å². The zero-order valence-corrected chi connectivity index (χ0v) is 15.2. The Bertz CT molecular complexity index is 801. The quantitative estimate of drug-likeness (QED) is 0.824. The molecule has 0 spiro atoms. The van der Waals surface area contributed by atoms with Crippen LogP contribution in [0.4, 0.5) is 4.39 Å². The van der Waals surface area contributed by atoms with Crippen molar-refractivity contribution in [1.29, 1.82) is 0 Å². The Hall–Kier alpha value is -1.98. The number of halogens is 2. The first-order valence-electron chi connectivity index (χ1n) is 8.98. The maximum absolute atomic E-state index is 13.7. The molecule has 5 rings (SSSR count). The molecule has 3 saturated heterocycles. The minimum absolute atomic E-state index is 0.00175. The molecule has 0 radical (unpaired) electrons. The maximum atomic E-state index is 13.7. The summed E-state index contributed by atoms with van der Waals surface area (Å²) >= 11 is 5.79. The molecule has 136 valence electrons. The summed E-state index contributed by atoms with van der Waals surface area (Å²) in [6.45, 7) is 3.07. The van der Waals surface area contributed by atoms with E-state index in [2.05, 4.69) is 9.88 Å². The molecule has 1 aromatic heterocycles. The maximum Gasteiger partial charge on any atom is 0.272 e. The zero-order chi connectivity index (χ0) is 18.1. The molecule has 26 heavy (non-hydrogen) atoms. The molecule has 1 aromatic carbocycles. The number of hydrogen-bond acceptors (Lipinski definition) is 3. The van der Waals surface area contributed by atoms with Gasteiger partial charge < -0.3 is 4.90 Å². The number of carbonyl (C=O) groups excluding carboxylic acids is 1. The SMILES string of the molecule is O=C(c1ccccn1)N1C[C@H]2CC[C@@H](C1)N(Cc1ccc(Cl)c(F)c1)C2. The second-order valence-electron chi connectivity index (χ2n) is 7.20. The number of benzene rings is 1. The number of piperidine rings is 1. The molecular formula is C20H21ClFN3O. The Morgan fingerprint density at radius 1 is 1.19 bits per heavy atom. The van der Waals surface area contributed by atoms with E-state index in [0.29, 0.717) is 30.7 Å². The van der Waals surface area contributed by atoms with Gasteiger partial charge in [0.2, 0.25) is 0 Å². The summed E-state index contributed by atoms with van der Waals surface area (Å²) in [7, 11) is 0. The highest BCUT2D eigenvalue weighted by Crippen LogP contribution is 2.30. The van der Waals surface area contributed by atoms with Crippen molar-refractivity contribution in [3.63, 3.8) is 0 Å². The van der Waals surface area contributed by atoms with E-state index in [0.717, 1.165) is 31.5 Å². The number of fused-ring (bicyclic) bond motifs is 4. The van der Waals surface area contributed by atoms with Crippen LogP contribution >= 0.6 is 11.6 Å². The van der Waals surface area contributed by atoms with Crippen LogP contribution in [-0.4, -0.2) is 46.4 Å². The molecule has 3 aliphatic rings. The number of hydrogen-bond donors (Lipinski definition) is 0. The van der Waals surface area contributed by atoms with Gasteiger partial charge in [-0.15, -0.1) is 0 Å². The predicted molar refractivity (Wildman–Crippen MR) is 98.5 cm³/mol. The lowest BCUT2D eigenvalue weighted by atomic mass is 9.94. The molecule has 3 fully saturated rings. The summed E-state index contributed by atoms with van der Waals surface area (Å²) in [5.74, 6) is 0.0663. The fraction of sp³-hybridized carbons (Fsp3) is 0.400. The largest absolute Gasteiger partial charge is 0.335 e. The van der Waals surface area contributed by atoms with E-state index in [-0.39, 0.29) is 16.7 Å². The number of carbonyl (C=O) groups is 1. The fourth-order valence-corrected chi connectivity index (χ4v) is 4.18. The lowest BCUT2D eigenvalue weighted by Gasteiger charge is -2.36.